The molecule has 0 fully saturated rings. The van der Waals surface area contributed by atoms with Crippen molar-refractivity contribution in [2.24, 2.45) is 0 Å². The standard InChI is InChI=1S/C10H20NO/c1-4-5-6-7-8-11(9-12)10(2)3/h10H,4-8H2,1-3H3. The Hall–Kier alpha value is -0.530. The number of amides is 1. The lowest BCUT2D eigenvalue weighted by Gasteiger charge is -2.20. The van der Waals surface area contributed by atoms with Gasteiger partial charge < -0.3 is 4.90 Å². The van der Waals surface area contributed by atoms with Gasteiger partial charge in [0.2, 0.25) is 0 Å². The van der Waals surface area contributed by atoms with E-state index in [0.29, 0.717) is 6.04 Å². The molecular weight excluding hydrogens is 150 g/mol. The van der Waals surface area contributed by atoms with Gasteiger partial charge >= 0.3 is 6.41 Å². The maximum atomic E-state index is 10.4. The lowest BCUT2D eigenvalue weighted by molar-refractivity contribution is 0.317. The van der Waals surface area contributed by atoms with Gasteiger partial charge in [0, 0.05) is 12.6 Å². The zero-order valence-electron chi connectivity index (χ0n) is 8.47. The van der Waals surface area contributed by atoms with E-state index in [4.69, 9.17) is 0 Å². The molecule has 0 spiro atoms. The first-order valence-electron chi connectivity index (χ1n) is 4.86. The molecule has 0 saturated carbocycles. The summed E-state index contributed by atoms with van der Waals surface area (Å²) in [5.74, 6) is 0. The van der Waals surface area contributed by atoms with Crippen molar-refractivity contribution >= 4 is 6.41 Å². The Balaban J connectivity index is 3.38. The second kappa shape index (κ2) is 7.14. The van der Waals surface area contributed by atoms with Crippen LogP contribution in [-0.4, -0.2) is 23.9 Å². The average molecular weight is 170 g/mol. The third-order valence-corrected chi connectivity index (χ3v) is 1.99. The third kappa shape index (κ3) is 5.16. The highest BCUT2D eigenvalue weighted by Crippen LogP contribution is 2.02. The molecule has 0 aromatic carbocycles. The van der Waals surface area contributed by atoms with E-state index in [9.17, 15) is 4.79 Å². The molecule has 0 aliphatic heterocycles. The van der Waals surface area contributed by atoms with Crippen molar-refractivity contribution in [2.45, 2.75) is 52.5 Å². The minimum Gasteiger partial charge on any atom is -0.332 e. The molecule has 71 valence electrons. The van der Waals surface area contributed by atoms with Crippen molar-refractivity contribution in [3.05, 3.63) is 0 Å². The van der Waals surface area contributed by atoms with Crippen LogP contribution < -0.4 is 0 Å². The number of hydrogen-bond donors (Lipinski definition) is 0. The molecule has 1 radical (unpaired) electrons. The summed E-state index contributed by atoms with van der Waals surface area (Å²) in [6.07, 6.45) is 6.81. The molecule has 0 bridgehead atoms. The summed E-state index contributed by atoms with van der Waals surface area (Å²) in [7, 11) is 0. The fourth-order valence-corrected chi connectivity index (χ4v) is 1.12. The first kappa shape index (κ1) is 11.5. The molecule has 0 aliphatic rings. The number of carbonyl (C=O) groups excluding carboxylic acids is 1. The number of hydrogen-bond acceptors (Lipinski definition) is 1. The van der Waals surface area contributed by atoms with E-state index in [0.717, 1.165) is 13.0 Å². The van der Waals surface area contributed by atoms with Crippen LogP contribution in [0.1, 0.15) is 46.5 Å². The van der Waals surface area contributed by atoms with Gasteiger partial charge in [-0.1, -0.05) is 26.2 Å². The number of rotatable bonds is 7. The molecule has 0 saturated heterocycles. The van der Waals surface area contributed by atoms with Gasteiger partial charge in [0.1, 0.15) is 0 Å². The molecule has 0 N–H and O–H groups in total. The van der Waals surface area contributed by atoms with Crippen LogP contribution >= 0.6 is 0 Å². The van der Waals surface area contributed by atoms with Gasteiger partial charge in [-0.05, 0) is 20.3 Å². The first-order chi connectivity index (χ1) is 5.72. The van der Waals surface area contributed by atoms with Crippen molar-refractivity contribution in [3.8, 4) is 0 Å². The number of unbranched alkanes of at least 4 members (excludes halogenated alkanes) is 3. The largest absolute Gasteiger partial charge is 0.332 e. The van der Waals surface area contributed by atoms with E-state index in [-0.39, 0.29) is 0 Å². The number of nitrogens with zero attached hydrogens (tertiary/aromatic N) is 1. The highest BCUT2D eigenvalue weighted by Gasteiger charge is 2.05. The molecule has 2 heteroatoms. The first-order valence-corrected chi connectivity index (χ1v) is 4.86. The van der Waals surface area contributed by atoms with Crippen LogP contribution in [0, 0.1) is 0 Å². The van der Waals surface area contributed by atoms with E-state index in [2.05, 4.69) is 6.92 Å². The minimum absolute atomic E-state index is 0.295. The maximum absolute atomic E-state index is 10.4. The highest BCUT2D eigenvalue weighted by molar-refractivity contribution is 5.48. The van der Waals surface area contributed by atoms with E-state index >= 15 is 0 Å². The Morgan fingerprint density at radius 1 is 1.25 bits per heavy atom. The molecule has 1 amide bonds. The van der Waals surface area contributed by atoms with Gasteiger partial charge in [-0.25, -0.2) is 0 Å². The topological polar surface area (TPSA) is 20.3 Å². The molecule has 0 atom stereocenters. The fraction of sp³-hybridized carbons (Fsp3) is 0.900. The highest BCUT2D eigenvalue weighted by atomic mass is 16.1. The molecule has 0 aromatic rings. The Labute approximate surface area is 75.9 Å². The lowest BCUT2D eigenvalue weighted by atomic mass is 10.2. The van der Waals surface area contributed by atoms with Crippen LogP contribution in [0.5, 0.6) is 0 Å². The van der Waals surface area contributed by atoms with Crippen molar-refractivity contribution in [1.82, 2.24) is 4.90 Å². The molecular formula is C10H20NO. The van der Waals surface area contributed by atoms with Crippen molar-refractivity contribution < 1.29 is 4.79 Å². The van der Waals surface area contributed by atoms with Gasteiger partial charge in [0.25, 0.3) is 0 Å². The van der Waals surface area contributed by atoms with Gasteiger partial charge in [-0.15, -0.1) is 0 Å². The van der Waals surface area contributed by atoms with Crippen LogP contribution in [0.3, 0.4) is 0 Å². The third-order valence-electron chi connectivity index (χ3n) is 1.99. The maximum Gasteiger partial charge on any atom is 0.312 e. The molecule has 0 aliphatic carbocycles. The Morgan fingerprint density at radius 3 is 2.33 bits per heavy atom. The van der Waals surface area contributed by atoms with E-state index in [1.807, 2.05) is 20.3 Å². The minimum atomic E-state index is 0.295. The Morgan fingerprint density at radius 2 is 1.92 bits per heavy atom. The lowest BCUT2D eigenvalue weighted by Crippen LogP contribution is -2.30. The summed E-state index contributed by atoms with van der Waals surface area (Å²) < 4.78 is 0. The summed E-state index contributed by atoms with van der Waals surface area (Å²) in [6, 6.07) is 0.295. The van der Waals surface area contributed by atoms with Crippen molar-refractivity contribution in [1.29, 1.82) is 0 Å². The summed E-state index contributed by atoms with van der Waals surface area (Å²) in [5.41, 5.74) is 0. The van der Waals surface area contributed by atoms with E-state index < -0.39 is 0 Å². The van der Waals surface area contributed by atoms with Crippen molar-refractivity contribution in [2.75, 3.05) is 6.54 Å². The molecule has 0 aromatic heterocycles. The van der Waals surface area contributed by atoms with Crippen LogP contribution in [0.15, 0.2) is 0 Å². The predicted octanol–water partition coefficient (Wildman–Crippen LogP) is 2.34. The van der Waals surface area contributed by atoms with E-state index in [1.54, 1.807) is 4.90 Å². The summed E-state index contributed by atoms with van der Waals surface area (Å²) in [6.45, 7) is 7.09. The molecule has 0 rings (SSSR count). The van der Waals surface area contributed by atoms with Crippen LogP contribution in [0.25, 0.3) is 0 Å². The van der Waals surface area contributed by atoms with Crippen molar-refractivity contribution in [3.63, 3.8) is 0 Å². The summed E-state index contributed by atoms with van der Waals surface area (Å²) in [5, 5.41) is 0. The molecule has 0 heterocycles. The average Bonchev–Trinajstić information content (AvgIpc) is 2.04. The molecule has 0 unspecified atom stereocenters. The van der Waals surface area contributed by atoms with Gasteiger partial charge in [-0.3, -0.25) is 4.79 Å². The van der Waals surface area contributed by atoms with Gasteiger partial charge in [0.05, 0.1) is 0 Å². The quantitative estimate of drug-likeness (QED) is 0.424. The van der Waals surface area contributed by atoms with Gasteiger partial charge in [0.15, 0.2) is 0 Å². The second-order valence-electron chi connectivity index (χ2n) is 3.44. The summed E-state index contributed by atoms with van der Waals surface area (Å²) in [4.78, 5) is 12.1. The monoisotopic (exact) mass is 170 g/mol. The zero-order chi connectivity index (χ0) is 9.40. The zero-order valence-corrected chi connectivity index (χ0v) is 8.47. The van der Waals surface area contributed by atoms with E-state index in [1.165, 1.54) is 19.3 Å². The SMILES string of the molecule is CCCCCCN([C]=O)C(C)C. The Kier molecular flexibility index (Phi) is 6.82. The smallest absolute Gasteiger partial charge is 0.312 e. The summed E-state index contributed by atoms with van der Waals surface area (Å²) >= 11 is 0. The van der Waals surface area contributed by atoms with Crippen LogP contribution in [0.4, 0.5) is 0 Å². The fourth-order valence-electron chi connectivity index (χ4n) is 1.12. The Bertz CT molecular complexity index is 112. The van der Waals surface area contributed by atoms with Crippen LogP contribution in [0.2, 0.25) is 0 Å². The predicted molar refractivity (Wildman–Crippen MR) is 51.7 cm³/mol. The molecule has 12 heavy (non-hydrogen) atoms. The normalized spacial score (nSPS) is 10.3. The second-order valence-corrected chi connectivity index (χ2v) is 3.44. The molecule has 2 nitrogen and oxygen atoms in total. The van der Waals surface area contributed by atoms with Crippen LogP contribution in [-0.2, 0) is 4.79 Å². The van der Waals surface area contributed by atoms with Gasteiger partial charge in [-0.2, -0.15) is 0 Å².